The molecule has 1 N–H and O–H groups in total. The fourth-order valence-corrected chi connectivity index (χ4v) is 4.44. The van der Waals surface area contributed by atoms with Crippen molar-refractivity contribution >= 4 is 16.9 Å². The molecular weight excluding hydrogens is 364 g/mol. The molecular formula is C24H28N2O3. The highest BCUT2D eigenvalue weighted by Gasteiger charge is 2.45. The molecule has 0 unspecified atom stereocenters. The summed E-state index contributed by atoms with van der Waals surface area (Å²) in [6, 6.07) is 15.5. The lowest BCUT2D eigenvalue weighted by Gasteiger charge is -2.47. The average Bonchev–Trinajstić information content (AvgIpc) is 3.04. The molecule has 152 valence electrons. The van der Waals surface area contributed by atoms with E-state index in [1.54, 1.807) is 4.90 Å². The lowest BCUT2D eigenvalue weighted by atomic mass is 9.79. The molecule has 4 rings (SSSR count). The van der Waals surface area contributed by atoms with Crippen LogP contribution in [0.4, 0.5) is 0 Å². The van der Waals surface area contributed by atoms with Crippen molar-refractivity contribution in [2.24, 2.45) is 0 Å². The van der Waals surface area contributed by atoms with Crippen molar-refractivity contribution in [3.8, 4) is 0 Å². The molecule has 1 aliphatic rings. The van der Waals surface area contributed by atoms with E-state index >= 15 is 0 Å². The topological polar surface area (TPSA) is 56.9 Å². The lowest BCUT2D eigenvalue weighted by Crippen LogP contribution is -2.60. The molecule has 1 amide bonds. The summed E-state index contributed by atoms with van der Waals surface area (Å²) in [4.78, 5) is 17.1. The van der Waals surface area contributed by atoms with Crippen LogP contribution in [-0.4, -0.2) is 54.0 Å². The number of likely N-dealkylation sites (N-methyl/N-ethyl adjacent to an activating group) is 1. The van der Waals surface area contributed by atoms with Gasteiger partial charge in [0.15, 0.2) is 5.76 Å². The van der Waals surface area contributed by atoms with Crippen molar-refractivity contribution in [2.75, 3.05) is 27.2 Å². The van der Waals surface area contributed by atoms with Gasteiger partial charge in [0.25, 0.3) is 5.91 Å². The number of likely N-dealkylation sites (tertiary alicyclic amines) is 1. The molecule has 1 aliphatic heterocycles. The Balaban J connectivity index is 1.64. The van der Waals surface area contributed by atoms with Crippen LogP contribution in [0.15, 0.2) is 52.9 Å². The number of carbonyl (C=O) groups excluding carboxylic acids is 1. The van der Waals surface area contributed by atoms with Gasteiger partial charge in [-0.3, -0.25) is 4.79 Å². The molecule has 0 spiro atoms. The molecule has 1 saturated heterocycles. The van der Waals surface area contributed by atoms with Gasteiger partial charge in [0.1, 0.15) is 11.2 Å². The monoisotopic (exact) mass is 392 g/mol. The number of hydrogen-bond acceptors (Lipinski definition) is 4. The zero-order valence-corrected chi connectivity index (χ0v) is 17.5. The number of amides is 1. The Morgan fingerprint density at radius 1 is 1.17 bits per heavy atom. The Bertz CT molecular complexity index is 1040. The van der Waals surface area contributed by atoms with Crippen molar-refractivity contribution in [1.82, 2.24) is 9.80 Å². The van der Waals surface area contributed by atoms with E-state index in [0.29, 0.717) is 25.3 Å². The highest BCUT2D eigenvalue weighted by Crippen LogP contribution is 2.36. The van der Waals surface area contributed by atoms with Crippen LogP contribution in [0.2, 0.25) is 0 Å². The Morgan fingerprint density at radius 2 is 1.90 bits per heavy atom. The number of fused-ring (bicyclic) bond motifs is 1. The molecule has 2 aromatic carbocycles. The molecule has 0 aliphatic carbocycles. The smallest absolute Gasteiger partial charge is 0.289 e. The van der Waals surface area contributed by atoms with Crippen molar-refractivity contribution in [1.29, 1.82) is 0 Å². The van der Waals surface area contributed by atoms with Gasteiger partial charge in [-0.05, 0) is 51.6 Å². The number of benzene rings is 2. The molecule has 2 atom stereocenters. The maximum Gasteiger partial charge on any atom is 0.289 e. The van der Waals surface area contributed by atoms with Crippen LogP contribution in [-0.2, 0) is 5.60 Å². The van der Waals surface area contributed by atoms with Crippen LogP contribution < -0.4 is 0 Å². The zero-order valence-electron chi connectivity index (χ0n) is 17.5. The molecule has 0 radical (unpaired) electrons. The molecule has 2 heterocycles. The Hall–Kier alpha value is -2.63. The van der Waals surface area contributed by atoms with E-state index in [9.17, 15) is 9.90 Å². The average molecular weight is 392 g/mol. The Morgan fingerprint density at radius 3 is 2.59 bits per heavy atom. The number of nitrogens with zero attached hydrogens (tertiary/aromatic N) is 2. The van der Waals surface area contributed by atoms with Gasteiger partial charge in [-0.25, -0.2) is 0 Å². The Labute approximate surface area is 171 Å². The van der Waals surface area contributed by atoms with Crippen LogP contribution in [0.3, 0.4) is 0 Å². The SMILES string of the molecule is Cc1ccc2c(C)c(C(=O)N3CC[C@](O)(c4ccccc4)[C@H](N(C)C)C3)oc2c1. The normalized spacial score (nSPS) is 22.4. The van der Waals surface area contributed by atoms with Gasteiger partial charge in [-0.2, -0.15) is 0 Å². The summed E-state index contributed by atoms with van der Waals surface area (Å²) in [5.41, 5.74) is 2.61. The first-order chi connectivity index (χ1) is 13.8. The third-order valence-electron chi connectivity index (χ3n) is 6.18. The number of aryl methyl sites for hydroxylation is 2. The summed E-state index contributed by atoms with van der Waals surface area (Å²) >= 11 is 0. The molecule has 1 fully saturated rings. The van der Waals surface area contributed by atoms with E-state index in [1.807, 2.05) is 81.4 Å². The summed E-state index contributed by atoms with van der Waals surface area (Å²) in [7, 11) is 3.89. The summed E-state index contributed by atoms with van der Waals surface area (Å²) in [6.45, 7) is 4.86. The van der Waals surface area contributed by atoms with Gasteiger partial charge in [-0.1, -0.05) is 42.5 Å². The first-order valence-electron chi connectivity index (χ1n) is 10.0. The van der Waals surface area contributed by atoms with E-state index in [2.05, 4.69) is 0 Å². The van der Waals surface area contributed by atoms with Crippen molar-refractivity contribution in [3.05, 3.63) is 71.0 Å². The minimum absolute atomic E-state index is 0.113. The fourth-order valence-electron chi connectivity index (χ4n) is 4.44. The first kappa shape index (κ1) is 19.7. The third-order valence-corrected chi connectivity index (χ3v) is 6.18. The van der Waals surface area contributed by atoms with E-state index in [0.717, 1.165) is 27.7 Å². The largest absolute Gasteiger partial charge is 0.451 e. The van der Waals surface area contributed by atoms with Crippen LogP contribution >= 0.6 is 0 Å². The van der Waals surface area contributed by atoms with Crippen molar-refractivity contribution in [3.63, 3.8) is 0 Å². The fraction of sp³-hybridized carbons (Fsp3) is 0.375. The van der Waals surface area contributed by atoms with Crippen LogP contribution in [0, 0.1) is 13.8 Å². The molecule has 5 heteroatoms. The summed E-state index contributed by atoms with van der Waals surface area (Å²) < 4.78 is 5.96. The van der Waals surface area contributed by atoms with Gasteiger partial charge >= 0.3 is 0 Å². The van der Waals surface area contributed by atoms with Crippen molar-refractivity contribution in [2.45, 2.75) is 31.9 Å². The zero-order chi connectivity index (χ0) is 20.8. The number of furan rings is 1. The maximum absolute atomic E-state index is 13.3. The predicted octanol–water partition coefficient (Wildman–Crippen LogP) is 3.71. The lowest BCUT2D eigenvalue weighted by molar-refractivity contribution is -0.0813. The van der Waals surface area contributed by atoms with Crippen molar-refractivity contribution < 1.29 is 14.3 Å². The molecule has 0 bridgehead atoms. The van der Waals surface area contributed by atoms with Gasteiger partial charge in [0.05, 0.1) is 6.04 Å². The van der Waals surface area contributed by atoms with Gasteiger partial charge in [0.2, 0.25) is 0 Å². The number of carbonyl (C=O) groups is 1. The highest BCUT2D eigenvalue weighted by molar-refractivity contribution is 5.99. The van der Waals surface area contributed by atoms with Crippen LogP contribution in [0.5, 0.6) is 0 Å². The number of rotatable bonds is 3. The maximum atomic E-state index is 13.3. The second kappa shape index (κ2) is 7.32. The minimum Gasteiger partial charge on any atom is -0.451 e. The first-order valence-corrected chi connectivity index (χ1v) is 10.0. The van der Waals surface area contributed by atoms with Crippen LogP contribution in [0.1, 0.15) is 33.7 Å². The molecule has 5 nitrogen and oxygen atoms in total. The second-order valence-electron chi connectivity index (χ2n) is 8.33. The van der Waals surface area contributed by atoms with E-state index in [1.165, 1.54) is 0 Å². The molecule has 3 aromatic rings. The number of aliphatic hydroxyl groups is 1. The van der Waals surface area contributed by atoms with Gasteiger partial charge < -0.3 is 19.3 Å². The predicted molar refractivity (Wildman–Crippen MR) is 114 cm³/mol. The van der Waals surface area contributed by atoms with E-state index in [-0.39, 0.29) is 11.9 Å². The van der Waals surface area contributed by atoms with E-state index < -0.39 is 5.60 Å². The number of piperidine rings is 1. The third kappa shape index (κ3) is 3.34. The van der Waals surface area contributed by atoms with Gasteiger partial charge in [0, 0.05) is 24.0 Å². The highest BCUT2D eigenvalue weighted by atomic mass is 16.3. The minimum atomic E-state index is -0.998. The summed E-state index contributed by atoms with van der Waals surface area (Å²) in [5, 5.41) is 12.5. The Kier molecular flexibility index (Phi) is 4.97. The van der Waals surface area contributed by atoms with E-state index in [4.69, 9.17) is 4.42 Å². The molecule has 0 saturated carbocycles. The standard InChI is InChI=1S/C24H28N2O3/c1-16-10-11-19-17(2)22(29-20(19)14-16)23(27)26-13-12-24(28,21(15-26)25(3)4)18-8-6-5-7-9-18/h5-11,14,21,28H,12-13,15H2,1-4H3/t21-,24+/m1/s1. The van der Waals surface area contributed by atoms with Crippen LogP contribution in [0.25, 0.3) is 11.0 Å². The molecule has 1 aromatic heterocycles. The summed E-state index contributed by atoms with van der Waals surface area (Å²) in [5.74, 6) is 0.284. The quantitative estimate of drug-likeness (QED) is 0.738. The second-order valence-corrected chi connectivity index (χ2v) is 8.33. The number of hydrogen-bond donors (Lipinski definition) is 1. The molecule has 29 heavy (non-hydrogen) atoms. The van der Waals surface area contributed by atoms with Gasteiger partial charge in [-0.15, -0.1) is 0 Å². The summed E-state index contributed by atoms with van der Waals surface area (Å²) in [6.07, 6.45) is 0.476.